The minimum Gasteiger partial charge on any atom is -0.507 e. The van der Waals surface area contributed by atoms with Gasteiger partial charge < -0.3 is 64.2 Å². The molecular weight excluding hydrogens is 548 g/mol. The Morgan fingerprint density at radius 1 is 0.732 bits per heavy atom. The first kappa shape index (κ1) is 29.3. The molecule has 2 aromatic carbocycles. The van der Waals surface area contributed by atoms with Crippen molar-refractivity contribution in [3.8, 4) is 22.8 Å². The molecule has 14 nitrogen and oxygen atoms in total. The topological polar surface area (TPSA) is 229 Å². The van der Waals surface area contributed by atoms with E-state index in [2.05, 4.69) is 0 Å². The van der Waals surface area contributed by atoms with Crippen LogP contribution in [0.1, 0.15) is 0 Å². The van der Waals surface area contributed by atoms with Crippen molar-refractivity contribution in [3.05, 3.63) is 58.8 Å². The second-order valence-corrected chi connectivity index (χ2v) is 9.77. The molecule has 8 N–H and O–H groups in total. The lowest BCUT2D eigenvalue weighted by Crippen LogP contribution is -2.62. The molecule has 222 valence electrons. The summed E-state index contributed by atoms with van der Waals surface area (Å²) >= 11 is 0. The summed E-state index contributed by atoms with van der Waals surface area (Å²) in [6.45, 7) is -1.28. The Hall–Kier alpha value is -3.15. The number of ether oxygens (including phenoxy) is 4. The molecule has 0 saturated carbocycles. The Balaban J connectivity index is 1.42. The van der Waals surface area contributed by atoms with Gasteiger partial charge in [-0.05, 0) is 12.1 Å². The second-order valence-electron chi connectivity index (χ2n) is 9.77. The molecule has 2 saturated heterocycles. The van der Waals surface area contributed by atoms with Crippen molar-refractivity contribution in [2.75, 3.05) is 13.2 Å². The molecule has 10 atom stereocenters. The fraction of sp³-hybridized carbons (Fsp3) is 0.444. The summed E-state index contributed by atoms with van der Waals surface area (Å²) in [6, 6.07) is 12.6. The lowest BCUT2D eigenvalue weighted by molar-refractivity contribution is -0.323. The molecule has 2 fully saturated rings. The molecule has 14 heteroatoms. The van der Waals surface area contributed by atoms with E-state index in [0.29, 0.717) is 5.56 Å². The second kappa shape index (κ2) is 12.0. The van der Waals surface area contributed by atoms with Crippen LogP contribution in [0.25, 0.3) is 22.3 Å². The number of phenolic OH excluding ortho intramolecular Hbond substituents is 1. The first-order valence-electron chi connectivity index (χ1n) is 12.7. The summed E-state index contributed by atoms with van der Waals surface area (Å²) in [7, 11) is 0. The summed E-state index contributed by atoms with van der Waals surface area (Å²) in [5, 5.41) is 81.4. The van der Waals surface area contributed by atoms with E-state index < -0.39 is 85.8 Å². The van der Waals surface area contributed by atoms with Crippen molar-refractivity contribution in [2.45, 2.75) is 61.4 Å². The largest absolute Gasteiger partial charge is 0.507 e. The van der Waals surface area contributed by atoms with E-state index in [0.717, 1.165) is 0 Å². The summed E-state index contributed by atoms with van der Waals surface area (Å²) in [5.41, 5.74) is -0.320. The molecule has 0 amide bonds. The molecule has 3 heterocycles. The van der Waals surface area contributed by atoms with Gasteiger partial charge in [-0.2, -0.15) is 0 Å². The highest BCUT2D eigenvalue weighted by Crippen LogP contribution is 2.35. The van der Waals surface area contributed by atoms with Gasteiger partial charge in [0.2, 0.25) is 17.5 Å². The molecule has 2 aliphatic rings. The monoisotopic (exact) mass is 578 g/mol. The van der Waals surface area contributed by atoms with Crippen LogP contribution in [0.15, 0.2) is 57.7 Å². The first-order valence-corrected chi connectivity index (χ1v) is 12.7. The average molecular weight is 579 g/mol. The standard InChI is InChI=1S/C27H30O14/c28-9-14-17(30)20(33)22(35)26(39-14)37-10-15-18(31)21(34)23(36)27(40-15)41-25-19(32)16-12(29)7-4-8-13(16)38-24(25)11-5-2-1-3-6-11/h1-8,14-15,17-18,20-23,26-31,33-36H,9-10H2/t14-,15-,17-,18-,20+,21+,22-,23-,26-,27+/m1/s1. The summed E-state index contributed by atoms with van der Waals surface area (Å²) in [6.07, 6.45) is -16.5. The number of aliphatic hydroxyl groups is 7. The van der Waals surface area contributed by atoms with E-state index >= 15 is 0 Å². The minimum atomic E-state index is -1.86. The van der Waals surface area contributed by atoms with Crippen LogP contribution >= 0.6 is 0 Å². The predicted molar refractivity (Wildman–Crippen MR) is 137 cm³/mol. The Morgan fingerprint density at radius 2 is 1.37 bits per heavy atom. The molecule has 3 aromatic rings. The Morgan fingerprint density at radius 3 is 2.05 bits per heavy atom. The number of aliphatic hydroxyl groups excluding tert-OH is 7. The van der Waals surface area contributed by atoms with E-state index in [9.17, 15) is 45.6 Å². The fourth-order valence-electron chi connectivity index (χ4n) is 4.75. The number of fused-ring (bicyclic) bond motifs is 1. The van der Waals surface area contributed by atoms with Gasteiger partial charge in [0.15, 0.2) is 12.1 Å². The number of rotatable bonds is 7. The summed E-state index contributed by atoms with van der Waals surface area (Å²) < 4.78 is 28.0. The zero-order valence-electron chi connectivity index (χ0n) is 21.3. The Bertz CT molecular complexity index is 1390. The van der Waals surface area contributed by atoms with Gasteiger partial charge in [-0.15, -0.1) is 0 Å². The number of hydrogen-bond acceptors (Lipinski definition) is 14. The number of hydrogen-bond donors (Lipinski definition) is 8. The molecule has 1 aromatic heterocycles. The van der Waals surface area contributed by atoms with Gasteiger partial charge in [0.25, 0.3) is 0 Å². The summed E-state index contributed by atoms with van der Waals surface area (Å²) in [4.78, 5) is 13.5. The number of benzene rings is 2. The third kappa shape index (κ3) is 5.54. The van der Waals surface area contributed by atoms with Crippen molar-refractivity contribution in [3.63, 3.8) is 0 Å². The van der Waals surface area contributed by atoms with Gasteiger partial charge in [-0.3, -0.25) is 4.79 Å². The highest BCUT2D eigenvalue weighted by atomic mass is 16.7. The van der Waals surface area contributed by atoms with Crippen molar-refractivity contribution >= 4 is 11.0 Å². The molecule has 0 spiro atoms. The Kier molecular flexibility index (Phi) is 8.58. The van der Waals surface area contributed by atoms with Crippen LogP contribution in [0, 0.1) is 0 Å². The number of aromatic hydroxyl groups is 1. The first-order chi connectivity index (χ1) is 19.6. The molecule has 0 unspecified atom stereocenters. The van der Waals surface area contributed by atoms with E-state index in [1.807, 2.05) is 0 Å². The van der Waals surface area contributed by atoms with Gasteiger partial charge in [0, 0.05) is 5.56 Å². The third-order valence-electron chi connectivity index (χ3n) is 7.07. The lowest BCUT2D eigenvalue weighted by Gasteiger charge is -2.42. The van der Waals surface area contributed by atoms with Gasteiger partial charge in [0.1, 0.15) is 65.6 Å². The molecule has 0 aliphatic carbocycles. The van der Waals surface area contributed by atoms with E-state index in [4.69, 9.17) is 23.4 Å². The smallest absolute Gasteiger partial charge is 0.239 e. The van der Waals surface area contributed by atoms with Gasteiger partial charge in [0.05, 0.1) is 13.2 Å². The van der Waals surface area contributed by atoms with Crippen LogP contribution in [0.5, 0.6) is 11.5 Å². The van der Waals surface area contributed by atoms with Crippen LogP contribution in [0.4, 0.5) is 0 Å². The maximum atomic E-state index is 13.5. The van der Waals surface area contributed by atoms with Crippen LogP contribution in [0.3, 0.4) is 0 Å². The molecule has 0 bridgehead atoms. The molecule has 2 aliphatic heterocycles. The minimum absolute atomic E-state index is 0.0563. The average Bonchev–Trinajstić information content (AvgIpc) is 2.98. The fourth-order valence-corrected chi connectivity index (χ4v) is 4.75. The predicted octanol–water partition coefficient (Wildman–Crippen LogP) is -1.83. The van der Waals surface area contributed by atoms with Gasteiger partial charge in [-0.25, -0.2) is 0 Å². The van der Waals surface area contributed by atoms with Crippen LogP contribution < -0.4 is 10.2 Å². The van der Waals surface area contributed by atoms with E-state index in [1.165, 1.54) is 18.2 Å². The third-order valence-corrected chi connectivity index (χ3v) is 7.07. The molecule has 41 heavy (non-hydrogen) atoms. The highest BCUT2D eigenvalue weighted by molar-refractivity contribution is 5.86. The normalized spacial score (nSPS) is 34.0. The zero-order valence-corrected chi connectivity index (χ0v) is 21.3. The van der Waals surface area contributed by atoms with Crippen molar-refractivity contribution in [1.29, 1.82) is 0 Å². The Labute approximate surface area is 231 Å². The van der Waals surface area contributed by atoms with Crippen molar-refractivity contribution in [2.24, 2.45) is 0 Å². The van der Waals surface area contributed by atoms with E-state index in [1.54, 1.807) is 30.3 Å². The molecule has 5 rings (SSSR count). The van der Waals surface area contributed by atoms with Gasteiger partial charge in [-0.1, -0.05) is 36.4 Å². The van der Waals surface area contributed by atoms with Crippen LogP contribution in [0.2, 0.25) is 0 Å². The van der Waals surface area contributed by atoms with Crippen LogP contribution in [-0.4, -0.2) is 115 Å². The van der Waals surface area contributed by atoms with Gasteiger partial charge >= 0.3 is 0 Å². The molecular formula is C27H30O14. The summed E-state index contributed by atoms with van der Waals surface area (Å²) in [5.74, 6) is -0.891. The highest BCUT2D eigenvalue weighted by Gasteiger charge is 2.48. The van der Waals surface area contributed by atoms with Crippen LogP contribution in [-0.2, 0) is 14.2 Å². The zero-order chi connectivity index (χ0) is 29.4. The maximum absolute atomic E-state index is 13.5. The quantitative estimate of drug-likeness (QED) is 0.154. The number of phenols is 1. The van der Waals surface area contributed by atoms with E-state index in [-0.39, 0.29) is 22.5 Å². The lowest BCUT2D eigenvalue weighted by atomic mass is 9.98. The SMILES string of the molecule is O=c1c(O[C@@H]2O[C@H](CO[C@@H]3O[C@H](CO)[C@@H](O)[C@H](O)[C@H]3O)[C@@H](O)[C@H](O)[C@H]2O)c(-c2ccccc2)oc2cccc(O)c12. The molecule has 0 radical (unpaired) electrons. The van der Waals surface area contributed by atoms with Crippen molar-refractivity contribution < 1.29 is 64.2 Å². The van der Waals surface area contributed by atoms with Crippen molar-refractivity contribution in [1.82, 2.24) is 0 Å². The maximum Gasteiger partial charge on any atom is 0.239 e.